The van der Waals surface area contributed by atoms with Crippen LogP contribution in [0.15, 0.2) is 54.7 Å². The summed E-state index contributed by atoms with van der Waals surface area (Å²) in [7, 11) is 3.19. The topological polar surface area (TPSA) is 74.6 Å². The number of methoxy groups -OCH3 is 2. The molecule has 0 aliphatic carbocycles. The molecule has 1 unspecified atom stereocenters. The van der Waals surface area contributed by atoms with Crippen molar-refractivity contribution < 1.29 is 19.0 Å². The maximum absolute atomic E-state index is 13.1. The van der Waals surface area contributed by atoms with Gasteiger partial charge >= 0.3 is 0 Å². The van der Waals surface area contributed by atoms with Crippen LogP contribution in [-0.2, 0) is 4.74 Å². The molecule has 2 aromatic carbocycles. The monoisotopic (exact) mass is 407 g/mol. The lowest BCUT2D eigenvalue weighted by Crippen LogP contribution is -2.31. The van der Waals surface area contributed by atoms with Gasteiger partial charge in [0.25, 0.3) is 5.91 Å². The van der Waals surface area contributed by atoms with Gasteiger partial charge in [-0.05, 0) is 37.1 Å². The molecule has 1 N–H and O–H groups in total. The van der Waals surface area contributed by atoms with E-state index in [1.54, 1.807) is 31.2 Å². The fraction of sp³-hybridized carbons (Fsp3) is 0.304. The molecule has 0 radical (unpaired) electrons. The van der Waals surface area contributed by atoms with Gasteiger partial charge in [0.2, 0.25) is 0 Å². The van der Waals surface area contributed by atoms with Crippen LogP contribution in [-0.4, -0.2) is 49.2 Å². The quantitative estimate of drug-likeness (QED) is 0.649. The molecule has 1 aromatic heterocycles. The number of carbonyl (C=O) groups is 1. The summed E-state index contributed by atoms with van der Waals surface area (Å²) in [5.41, 5.74) is 2.60. The van der Waals surface area contributed by atoms with Gasteiger partial charge in [-0.25, -0.2) is 4.68 Å². The van der Waals surface area contributed by atoms with Crippen molar-refractivity contribution in [1.82, 2.24) is 15.1 Å². The number of hydrogen-bond acceptors (Lipinski definition) is 5. The smallest absolute Gasteiger partial charge is 0.255 e. The highest BCUT2D eigenvalue weighted by atomic mass is 16.5. The first-order chi connectivity index (χ1) is 14.7. The predicted molar refractivity (Wildman–Crippen MR) is 113 cm³/mol. The fourth-order valence-electron chi connectivity index (χ4n) is 3.55. The highest BCUT2D eigenvalue weighted by Gasteiger charge is 2.23. The van der Waals surface area contributed by atoms with Crippen molar-refractivity contribution in [2.75, 3.05) is 27.4 Å². The van der Waals surface area contributed by atoms with Gasteiger partial charge in [-0.2, -0.15) is 5.10 Å². The lowest BCUT2D eigenvalue weighted by atomic mass is 10.1. The van der Waals surface area contributed by atoms with E-state index in [0.717, 1.165) is 30.7 Å². The van der Waals surface area contributed by atoms with Crippen LogP contribution in [0.4, 0.5) is 0 Å². The van der Waals surface area contributed by atoms with Gasteiger partial charge in [0.1, 0.15) is 17.2 Å². The standard InChI is InChI=1S/C23H25N3O4/c1-28-17-10-11-19(21(13-17)29-2)22-20(23(27)24-14-18-9-6-12-30-18)15-26(25-22)16-7-4-3-5-8-16/h3-5,7-8,10-11,13,15,18H,6,9,12,14H2,1-2H3,(H,24,27). The minimum atomic E-state index is -0.194. The number of rotatable bonds is 7. The summed E-state index contributed by atoms with van der Waals surface area (Å²) in [6, 6.07) is 15.1. The Morgan fingerprint density at radius 3 is 2.73 bits per heavy atom. The number of carbonyl (C=O) groups excluding carboxylic acids is 1. The number of para-hydroxylation sites is 1. The zero-order chi connectivity index (χ0) is 20.9. The number of ether oxygens (including phenoxy) is 3. The van der Waals surface area contributed by atoms with Crippen LogP contribution in [0.5, 0.6) is 11.5 Å². The third kappa shape index (κ3) is 4.16. The Balaban J connectivity index is 1.72. The Morgan fingerprint density at radius 2 is 2.03 bits per heavy atom. The molecule has 1 aliphatic rings. The maximum Gasteiger partial charge on any atom is 0.255 e. The Morgan fingerprint density at radius 1 is 1.20 bits per heavy atom. The number of aromatic nitrogens is 2. The van der Waals surface area contributed by atoms with Gasteiger partial charge < -0.3 is 19.5 Å². The average Bonchev–Trinajstić information content (AvgIpc) is 3.48. The van der Waals surface area contributed by atoms with E-state index >= 15 is 0 Å². The van der Waals surface area contributed by atoms with Crippen LogP contribution < -0.4 is 14.8 Å². The fourth-order valence-corrected chi connectivity index (χ4v) is 3.55. The minimum Gasteiger partial charge on any atom is -0.497 e. The van der Waals surface area contributed by atoms with Crippen LogP contribution >= 0.6 is 0 Å². The van der Waals surface area contributed by atoms with E-state index in [0.29, 0.717) is 29.3 Å². The van der Waals surface area contributed by atoms with E-state index in [1.807, 2.05) is 42.5 Å². The van der Waals surface area contributed by atoms with E-state index in [2.05, 4.69) is 5.32 Å². The first kappa shape index (κ1) is 20.0. The normalized spacial score (nSPS) is 15.7. The lowest BCUT2D eigenvalue weighted by molar-refractivity contribution is 0.0858. The van der Waals surface area contributed by atoms with Gasteiger partial charge in [-0.3, -0.25) is 4.79 Å². The van der Waals surface area contributed by atoms with Crippen molar-refractivity contribution in [3.8, 4) is 28.4 Å². The Kier molecular flexibility index (Phi) is 5.99. The molecule has 1 fully saturated rings. The first-order valence-electron chi connectivity index (χ1n) is 9.97. The third-order valence-corrected chi connectivity index (χ3v) is 5.16. The maximum atomic E-state index is 13.1. The van der Waals surface area contributed by atoms with E-state index in [1.165, 1.54) is 0 Å². The summed E-state index contributed by atoms with van der Waals surface area (Å²) in [5.74, 6) is 1.06. The molecule has 2 heterocycles. The van der Waals surface area contributed by atoms with E-state index in [-0.39, 0.29) is 12.0 Å². The summed E-state index contributed by atoms with van der Waals surface area (Å²) < 4.78 is 18.2. The van der Waals surface area contributed by atoms with Crippen molar-refractivity contribution in [3.63, 3.8) is 0 Å². The summed E-state index contributed by atoms with van der Waals surface area (Å²) in [6.07, 6.45) is 3.81. The summed E-state index contributed by atoms with van der Waals surface area (Å²) in [4.78, 5) is 13.1. The predicted octanol–water partition coefficient (Wildman–Crippen LogP) is 3.47. The highest BCUT2D eigenvalue weighted by molar-refractivity contribution is 6.00. The van der Waals surface area contributed by atoms with E-state index in [9.17, 15) is 4.79 Å². The summed E-state index contributed by atoms with van der Waals surface area (Å²) in [6.45, 7) is 1.23. The van der Waals surface area contributed by atoms with E-state index in [4.69, 9.17) is 19.3 Å². The third-order valence-electron chi connectivity index (χ3n) is 5.16. The van der Waals surface area contributed by atoms with Crippen LogP contribution in [0, 0.1) is 0 Å². The SMILES string of the molecule is COc1ccc(-c2nn(-c3ccccc3)cc2C(=O)NCC2CCCO2)c(OC)c1. The van der Waals surface area contributed by atoms with Crippen molar-refractivity contribution in [2.24, 2.45) is 0 Å². The van der Waals surface area contributed by atoms with Gasteiger partial charge in [-0.15, -0.1) is 0 Å². The van der Waals surface area contributed by atoms with Crippen LogP contribution in [0.3, 0.4) is 0 Å². The van der Waals surface area contributed by atoms with Crippen molar-refractivity contribution >= 4 is 5.91 Å². The van der Waals surface area contributed by atoms with Gasteiger partial charge in [0.15, 0.2) is 0 Å². The molecular weight excluding hydrogens is 382 g/mol. The largest absolute Gasteiger partial charge is 0.497 e. The summed E-state index contributed by atoms with van der Waals surface area (Å²) >= 11 is 0. The molecule has 1 atom stereocenters. The van der Waals surface area contributed by atoms with Gasteiger partial charge in [0, 0.05) is 31.0 Å². The van der Waals surface area contributed by atoms with Gasteiger partial charge in [-0.1, -0.05) is 18.2 Å². The number of amides is 1. The average molecular weight is 407 g/mol. The van der Waals surface area contributed by atoms with Crippen molar-refractivity contribution in [2.45, 2.75) is 18.9 Å². The Bertz CT molecular complexity index is 1010. The molecule has 1 saturated heterocycles. The van der Waals surface area contributed by atoms with E-state index < -0.39 is 0 Å². The lowest BCUT2D eigenvalue weighted by Gasteiger charge is -2.12. The second kappa shape index (κ2) is 9.00. The molecule has 0 saturated carbocycles. The van der Waals surface area contributed by atoms with Crippen molar-refractivity contribution in [1.29, 1.82) is 0 Å². The minimum absolute atomic E-state index is 0.0668. The van der Waals surface area contributed by atoms with Crippen LogP contribution in [0.25, 0.3) is 16.9 Å². The second-order valence-corrected chi connectivity index (χ2v) is 7.08. The first-order valence-corrected chi connectivity index (χ1v) is 9.97. The molecule has 30 heavy (non-hydrogen) atoms. The molecule has 4 rings (SSSR count). The molecule has 156 valence electrons. The molecule has 0 spiro atoms. The zero-order valence-corrected chi connectivity index (χ0v) is 17.1. The molecule has 0 bridgehead atoms. The second-order valence-electron chi connectivity index (χ2n) is 7.08. The Labute approximate surface area is 175 Å². The summed E-state index contributed by atoms with van der Waals surface area (Å²) in [5, 5.41) is 7.71. The molecule has 1 aliphatic heterocycles. The number of hydrogen-bond donors (Lipinski definition) is 1. The molecule has 7 nitrogen and oxygen atoms in total. The zero-order valence-electron chi connectivity index (χ0n) is 17.1. The van der Waals surface area contributed by atoms with Crippen LogP contribution in [0.2, 0.25) is 0 Å². The van der Waals surface area contributed by atoms with Gasteiger partial charge in [0.05, 0.1) is 31.6 Å². The molecule has 7 heteroatoms. The number of nitrogens with one attached hydrogen (secondary N) is 1. The number of nitrogens with zero attached hydrogens (tertiary/aromatic N) is 2. The highest BCUT2D eigenvalue weighted by Crippen LogP contribution is 2.34. The van der Waals surface area contributed by atoms with Crippen molar-refractivity contribution in [3.05, 3.63) is 60.3 Å². The Hall–Kier alpha value is -3.32. The van der Waals surface area contributed by atoms with Crippen LogP contribution in [0.1, 0.15) is 23.2 Å². The molecular formula is C23H25N3O4. The molecule has 3 aromatic rings. The molecule has 1 amide bonds. The number of benzene rings is 2.